The van der Waals surface area contributed by atoms with E-state index in [4.69, 9.17) is 0 Å². The van der Waals surface area contributed by atoms with Crippen molar-refractivity contribution in [3.8, 4) is 0 Å². The van der Waals surface area contributed by atoms with Crippen LogP contribution in [-0.2, 0) is 0 Å². The Balaban J connectivity index is 2.19. The normalized spacial score (nSPS) is 29.1. The van der Waals surface area contributed by atoms with Gasteiger partial charge in [0.15, 0.2) is 0 Å². The van der Waals surface area contributed by atoms with Crippen LogP contribution in [0.2, 0.25) is 0 Å². The summed E-state index contributed by atoms with van der Waals surface area (Å²) in [5.74, 6) is 3.18. The van der Waals surface area contributed by atoms with Crippen molar-refractivity contribution in [3.63, 3.8) is 0 Å². The maximum atomic E-state index is 4.26. The van der Waals surface area contributed by atoms with Crippen molar-refractivity contribution in [2.24, 2.45) is 11.8 Å². The summed E-state index contributed by atoms with van der Waals surface area (Å²) in [5.41, 5.74) is 0. The third-order valence-corrected chi connectivity index (χ3v) is 3.89. The van der Waals surface area contributed by atoms with E-state index in [2.05, 4.69) is 19.6 Å². The van der Waals surface area contributed by atoms with Crippen LogP contribution in [0.4, 0.5) is 0 Å². The van der Waals surface area contributed by atoms with Crippen molar-refractivity contribution in [2.75, 3.05) is 5.75 Å². The molecule has 1 heteroatoms. The average molecular weight is 200 g/mol. The highest BCUT2D eigenvalue weighted by Crippen LogP contribution is 2.35. The SMILES string of the molecule is CCC1CCCCC1CCCCS. The molecule has 1 fully saturated rings. The molecule has 0 bridgehead atoms. The number of hydrogen-bond acceptors (Lipinski definition) is 1. The Kier molecular flexibility index (Phi) is 5.93. The maximum absolute atomic E-state index is 4.26. The van der Waals surface area contributed by atoms with Crippen molar-refractivity contribution in [1.82, 2.24) is 0 Å². The summed E-state index contributed by atoms with van der Waals surface area (Å²) in [4.78, 5) is 0. The molecule has 1 saturated carbocycles. The van der Waals surface area contributed by atoms with Crippen LogP contribution in [0.5, 0.6) is 0 Å². The van der Waals surface area contributed by atoms with E-state index in [9.17, 15) is 0 Å². The second-order valence-corrected chi connectivity index (χ2v) is 4.88. The van der Waals surface area contributed by atoms with Crippen molar-refractivity contribution in [3.05, 3.63) is 0 Å². The van der Waals surface area contributed by atoms with E-state index in [1.807, 2.05) is 0 Å². The topological polar surface area (TPSA) is 0 Å². The van der Waals surface area contributed by atoms with Crippen LogP contribution in [0.3, 0.4) is 0 Å². The molecule has 0 heterocycles. The van der Waals surface area contributed by atoms with Gasteiger partial charge < -0.3 is 0 Å². The van der Waals surface area contributed by atoms with Crippen molar-refractivity contribution in [2.45, 2.75) is 58.3 Å². The molecule has 0 aromatic carbocycles. The lowest BCUT2D eigenvalue weighted by Crippen LogP contribution is -2.18. The quantitative estimate of drug-likeness (QED) is 0.496. The van der Waals surface area contributed by atoms with Gasteiger partial charge in [-0.3, -0.25) is 0 Å². The molecule has 0 aromatic heterocycles. The fourth-order valence-electron chi connectivity index (χ4n) is 2.72. The lowest BCUT2D eigenvalue weighted by molar-refractivity contribution is 0.214. The minimum Gasteiger partial charge on any atom is -0.179 e. The molecule has 1 aliphatic carbocycles. The smallest absolute Gasteiger partial charge is 0.00979 e. The summed E-state index contributed by atoms with van der Waals surface area (Å²) in [5, 5.41) is 0. The maximum Gasteiger partial charge on any atom is -0.00979 e. The molecule has 2 atom stereocenters. The van der Waals surface area contributed by atoms with Gasteiger partial charge in [-0.25, -0.2) is 0 Å². The Morgan fingerprint density at radius 3 is 2.38 bits per heavy atom. The van der Waals surface area contributed by atoms with E-state index in [1.165, 1.54) is 51.4 Å². The molecule has 0 nitrogen and oxygen atoms in total. The van der Waals surface area contributed by atoms with Crippen LogP contribution in [0, 0.1) is 11.8 Å². The van der Waals surface area contributed by atoms with E-state index in [0.717, 1.165) is 17.6 Å². The zero-order chi connectivity index (χ0) is 9.52. The number of unbranched alkanes of at least 4 members (excludes halogenated alkanes) is 1. The first-order chi connectivity index (χ1) is 6.38. The Labute approximate surface area is 88.9 Å². The van der Waals surface area contributed by atoms with E-state index in [0.29, 0.717) is 0 Å². The van der Waals surface area contributed by atoms with Crippen LogP contribution in [0.1, 0.15) is 58.3 Å². The summed E-state index contributed by atoms with van der Waals surface area (Å²) in [6, 6.07) is 0. The molecular weight excluding hydrogens is 176 g/mol. The second kappa shape index (κ2) is 6.75. The van der Waals surface area contributed by atoms with E-state index in [-0.39, 0.29) is 0 Å². The summed E-state index contributed by atoms with van der Waals surface area (Å²) >= 11 is 4.26. The lowest BCUT2D eigenvalue weighted by atomic mass is 9.75. The lowest BCUT2D eigenvalue weighted by Gasteiger charge is -2.30. The summed E-state index contributed by atoms with van der Waals surface area (Å²) in [7, 11) is 0. The third-order valence-electron chi connectivity index (χ3n) is 3.57. The van der Waals surface area contributed by atoms with E-state index >= 15 is 0 Å². The van der Waals surface area contributed by atoms with E-state index < -0.39 is 0 Å². The highest BCUT2D eigenvalue weighted by atomic mass is 32.1. The van der Waals surface area contributed by atoms with Crippen LogP contribution in [0.15, 0.2) is 0 Å². The first-order valence-corrected chi connectivity index (χ1v) is 6.62. The fourth-order valence-corrected chi connectivity index (χ4v) is 2.94. The summed E-state index contributed by atoms with van der Waals surface area (Å²) in [6.45, 7) is 2.36. The van der Waals surface area contributed by atoms with Crippen LogP contribution < -0.4 is 0 Å². The molecule has 0 saturated heterocycles. The van der Waals surface area contributed by atoms with Gasteiger partial charge in [0.05, 0.1) is 0 Å². The molecule has 0 amide bonds. The standard InChI is InChI=1S/C12H24S/c1-2-11-7-3-4-8-12(11)9-5-6-10-13/h11-13H,2-10H2,1H3. The number of thiol groups is 1. The number of hydrogen-bond donors (Lipinski definition) is 1. The molecule has 13 heavy (non-hydrogen) atoms. The molecule has 0 aliphatic heterocycles. The zero-order valence-electron chi connectivity index (χ0n) is 8.97. The molecule has 1 aliphatic rings. The predicted octanol–water partition coefficient (Wildman–Crippen LogP) is 4.30. The van der Waals surface area contributed by atoms with Crippen molar-refractivity contribution in [1.29, 1.82) is 0 Å². The first-order valence-electron chi connectivity index (χ1n) is 5.99. The fraction of sp³-hybridized carbons (Fsp3) is 1.00. The second-order valence-electron chi connectivity index (χ2n) is 4.43. The van der Waals surface area contributed by atoms with Gasteiger partial charge in [-0.2, -0.15) is 12.6 Å². The number of rotatable bonds is 5. The van der Waals surface area contributed by atoms with Crippen LogP contribution >= 0.6 is 12.6 Å². The summed E-state index contributed by atoms with van der Waals surface area (Å²) < 4.78 is 0. The Bertz CT molecular complexity index is 122. The van der Waals surface area contributed by atoms with Crippen LogP contribution in [-0.4, -0.2) is 5.75 Å². The molecule has 1 rings (SSSR count). The monoisotopic (exact) mass is 200 g/mol. The highest BCUT2D eigenvalue weighted by Gasteiger charge is 2.22. The Hall–Kier alpha value is 0.350. The van der Waals surface area contributed by atoms with Gasteiger partial charge in [-0.05, 0) is 24.0 Å². The van der Waals surface area contributed by atoms with Gasteiger partial charge in [-0.1, -0.05) is 51.9 Å². The third kappa shape index (κ3) is 3.93. The first kappa shape index (κ1) is 11.4. The molecule has 78 valence electrons. The molecule has 0 spiro atoms. The van der Waals surface area contributed by atoms with Gasteiger partial charge in [0.1, 0.15) is 0 Å². The minimum absolute atomic E-state index is 1.05. The molecule has 0 N–H and O–H groups in total. The molecule has 0 aromatic rings. The van der Waals surface area contributed by atoms with Gasteiger partial charge in [0, 0.05) is 0 Å². The highest BCUT2D eigenvalue weighted by molar-refractivity contribution is 7.80. The van der Waals surface area contributed by atoms with E-state index in [1.54, 1.807) is 0 Å². The van der Waals surface area contributed by atoms with Crippen molar-refractivity contribution >= 4 is 12.6 Å². The largest absolute Gasteiger partial charge is 0.179 e. The minimum atomic E-state index is 1.05. The predicted molar refractivity (Wildman–Crippen MR) is 63.4 cm³/mol. The molecular formula is C12H24S. The van der Waals surface area contributed by atoms with Gasteiger partial charge in [0.25, 0.3) is 0 Å². The zero-order valence-corrected chi connectivity index (χ0v) is 9.86. The Morgan fingerprint density at radius 1 is 1.08 bits per heavy atom. The van der Waals surface area contributed by atoms with Crippen LogP contribution in [0.25, 0.3) is 0 Å². The van der Waals surface area contributed by atoms with Gasteiger partial charge >= 0.3 is 0 Å². The van der Waals surface area contributed by atoms with Crippen molar-refractivity contribution < 1.29 is 0 Å². The molecule has 2 unspecified atom stereocenters. The van der Waals surface area contributed by atoms with Gasteiger partial charge in [0.2, 0.25) is 0 Å². The molecule has 0 radical (unpaired) electrons. The summed E-state index contributed by atoms with van der Waals surface area (Å²) in [6.07, 6.45) is 11.6. The Morgan fingerprint density at radius 2 is 1.77 bits per heavy atom. The van der Waals surface area contributed by atoms with Gasteiger partial charge in [-0.15, -0.1) is 0 Å². The average Bonchev–Trinajstić information content (AvgIpc) is 2.19.